The van der Waals surface area contributed by atoms with E-state index in [2.05, 4.69) is 39.6 Å². The lowest BCUT2D eigenvalue weighted by Gasteiger charge is -2.06. The van der Waals surface area contributed by atoms with E-state index in [1.54, 1.807) is 24.5 Å². The number of nitrogens with two attached hydrogens (primary N) is 1. The van der Waals surface area contributed by atoms with E-state index in [-0.39, 0.29) is 0 Å². The normalized spacial score (nSPS) is 18.9. The van der Waals surface area contributed by atoms with E-state index in [9.17, 15) is 5.11 Å². The first kappa shape index (κ1) is 15.6. The third-order valence-corrected chi connectivity index (χ3v) is 4.60. The molecule has 1 aliphatic rings. The Kier molecular flexibility index (Phi) is 4.07. The summed E-state index contributed by atoms with van der Waals surface area (Å²) in [6.45, 7) is 0.753. The minimum Gasteiger partial charge on any atom is -0.508 e. The first-order chi connectivity index (χ1) is 12.2. The topological polar surface area (TPSA) is 84.1 Å². The maximum absolute atomic E-state index is 9.61. The van der Waals surface area contributed by atoms with Crippen LogP contribution in [-0.4, -0.2) is 21.1 Å². The molecular weight excluding hydrogens is 312 g/mol. The van der Waals surface area contributed by atoms with E-state index in [0.29, 0.717) is 23.7 Å². The van der Waals surface area contributed by atoms with Crippen molar-refractivity contribution >= 4 is 5.95 Å². The molecule has 3 aromatic rings. The zero-order valence-electron chi connectivity index (χ0n) is 13.8. The molecule has 0 spiro atoms. The molecule has 0 saturated heterocycles. The number of nitrogen functional groups attached to an aromatic ring is 1. The molecule has 2 atom stereocenters. The molecule has 0 radical (unpaired) electrons. The van der Waals surface area contributed by atoms with Crippen molar-refractivity contribution in [3.63, 3.8) is 0 Å². The summed E-state index contributed by atoms with van der Waals surface area (Å²) in [5, 5.41) is 13.1. The Morgan fingerprint density at radius 2 is 1.80 bits per heavy atom. The van der Waals surface area contributed by atoms with Crippen LogP contribution in [0.25, 0.3) is 11.1 Å². The largest absolute Gasteiger partial charge is 0.508 e. The third-order valence-electron chi connectivity index (χ3n) is 4.60. The van der Waals surface area contributed by atoms with Gasteiger partial charge in [0.05, 0.1) is 0 Å². The molecular formula is C20H20N4O. The van der Waals surface area contributed by atoms with E-state index in [1.165, 1.54) is 5.56 Å². The number of anilines is 1. The summed E-state index contributed by atoms with van der Waals surface area (Å²) < 4.78 is 0. The summed E-state index contributed by atoms with van der Waals surface area (Å²) in [5.74, 6) is 1.15. The SMILES string of the molecule is Nc1ncc(CN[C@@H]2C[C@H]2c2ccc(-c3cccc(O)c3)cc2)cn1. The van der Waals surface area contributed by atoms with Gasteiger partial charge in [-0.05, 0) is 35.2 Å². The second-order valence-electron chi connectivity index (χ2n) is 6.45. The highest BCUT2D eigenvalue weighted by molar-refractivity contribution is 5.65. The minimum absolute atomic E-state index is 0.291. The molecule has 0 aliphatic heterocycles. The van der Waals surface area contributed by atoms with E-state index in [4.69, 9.17) is 5.73 Å². The molecule has 1 fully saturated rings. The number of benzene rings is 2. The molecule has 1 aromatic heterocycles. The van der Waals surface area contributed by atoms with Gasteiger partial charge in [0.25, 0.3) is 0 Å². The van der Waals surface area contributed by atoms with Crippen molar-refractivity contribution in [2.45, 2.75) is 24.9 Å². The highest BCUT2D eigenvalue weighted by Gasteiger charge is 2.37. The fourth-order valence-electron chi connectivity index (χ4n) is 3.10. The number of rotatable bonds is 5. The van der Waals surface area contributed by atoms with Crippen LogP contribution in [-0.2, 0) is 6.54 Å². The lowest BCUT2D eigenvalue weighted by molar-refractivity contribution is 0.475. The fourth-order valence-corrected chi connectivity index (χ4v) is 3.10. The number of aromatic hydroxyl groups is 1. The van der Waals surface area contributed by atoms with Crippen LogP contribution in [0.1, 0.15) is 23.5 Å². The molecule has 25 heavy (non-hydrogen) atoms. The molecule has 0 unspecified atom stereocenters. The average Bonchev–Trinajstić information content (AvgIpc) is 3.41. The Morgan fingerprint density at radius 1 is 1.04 bits per heavy atom. The van der Waals surface area contributed by atoms with Gasteiger partial charge in [-0.25, -0.2) is 9.97 Å². The van der Waals surface area contributed by atoms with Crippen molar-refractivity contribution in [1.29, 1.82) is 0 Å². The molecule has 5 nitrogen and oxygen atoms in total. The maximum atomic E-state index is 9.61. The van der Waals surface area contributed by atoms with Crippen molar-refractivity contribution in [1.82, 2.24) is 15.3 Å². The Morgan fingerprint density at radius 3 is 2.52 bits per heavy atom. The minimum atomic E-state index is 0.291. The van der Waals surface area contributed by atoms with Crippen LogP contribution in [0.4, 0.5) is 5.95 Å². The summed E-state index contributed by atoms with van der Waals surface area (Å²) in [6, 6.07) is 16.4. The van der Waals surface area contributed by atoms with Crippen LogP contribution in [0, 0.1) is 0 Å². The van der Waals surface area contributed by atoms with Crippen LogP contribution in [0.3, 0.4) is 0 Å². The van der Waals surface area contributed by atoms with Crippen LogP contribution >= 0.6 is 0 Å². The first-order valence-corrected chi connectivity index (χ1v) is 8.38. The van der Waals surface area contributed by atoms with Gasteiger partial charge in [-0.2, -0.15) is 0 Å². The van der Waals surface area contributed by atoms with Gasteiger partial charge in [-0.15, -0.1) is 0 Å². The Bertz CT molecular complexity index is 862. The first-order valence-electron chi connectivity index (χ1n) is 8.38. The number of nitrogens with zero attached hydrogens (tertiary/aromatic N) is 2. The number of phenolic OH excluding ortho intramolecular Hbond substituents is 1. The second-order valence-corrected chi connectivity index (χ2v) is 6.45. The zero-order valence-corrected chi connectivity index (χ0v) is 13.8. The molecule has 2 aromatic carbocycles. The second kappa shape index (κ2) is 6.53. The Balaban J connectivity index is 1.36. The highest BCUT2D eigenvalue weighted by Crippen LogP contribution is 2.41. The number of hydrogen-bond donors (Lipinski definition) is 3. The average molecular weight is 332 g/mol. The molecule has 1 heterocycles. The molecule has 5 heteroatoms. The molecule has 1 aliphatic carbocycles. The fraction of sp³-hybridized carbons (Fsp3) is 0.200. The maximum Gasteiger partial charge on any atom is 0.219 e. The summed E-state index contributed by atoms with van der Waals surface area (Å²) in [7, 11) is 0. The standard InChI is InChI=1S/C20H20N4O/c21-20-23-11-13(12-24-20)10-22-19-9-18(19)15-6-4-14(5-7-15)16-2-1-3-17(25)8-16/h1-8,11-12,18-19,22,25H,9-10H2,(H2,21,23,24)/t18-,19+/m0/s1. The van der Waals surface area contributed by atoms with Crippen LogP contribution in [0.5, 0.6) is 5.75 Å². The molecule has 0 bridgehead atoms. The van der Waals surface area contributed by atoms with Crippen LogP contribution in [0.15, 0.2) is 60.9 Å². The summed E-state index contributed by atoms with van der Waals surface area (Å²) in [5.41, 5.74) is 10.0. The van der Waals surface area contributed by atoms with Crippen molar-refractivity contribution in [3.8, 4) is 16.9 Å². The summed E-state index contributed by atoms with van der Waals surface area (Å²) >= 11 is 0. The smallest absolute Gasteiger partial charge is 0.219 e. The van der Waals surface area contributed by atoms with Gasteiger partial charge in [0.15, 0.2) is 0 Å². The van der Waals surface area contributed by atoms with E-state index in [1.807, 2.05) is 12.1 Å². The van der Waals surface area contributed by atoms with Crippen LogP contribution < -0.4 is 11.1 Å². The third kappa shape index (κ3) is 3.61. The summed E-state index contributed by atoms with van der Waals surface area (Å²) in [4.78, 5) is 8.02. The number of aromatic nitrogens is 2. The predicted molar refractivity (Wildman–Crippen MR) is 98.0 cm³/mol. The van der Waals surface area contributed by atoms with Gasteiger partial charge < -0.3 is 16.2 Å². The highest BCUT2D eigenvalue weighted by atomic mass is 16.3. The molecule has 4 rings (SSSR count). The molecule has 0 amide bonds. The zero-order chi connectivity index (χ0) is 17.2. The Labute approximate surface area is 146 Å². The predicted octanol–water partition coefficient (Wildman–Crippen LogP) is 3.08. The van der Waals surface area contributed by atoms with Gasteiger partial charge in [-0.1, -0.05) is 36.4 Å². The monoisotopic (exact) mass is 332 g/mol. The van der Waals surface area contributed by atoms with Crippen molar-refractivity contribution in [3.05, 3.63) is 72.1 Å². The molecule has 1 saturated carbocycles. The van der Waals surface area contributed by atoms with Crippen molar-refractivity contribution in [2.24, 2.45) is 0 Å². The van der Waals surface area contributed by atoms with Crippen LogP contribution in [0.2, 0.25) is 0 Å². The molecule has 4 N–H and O–H groups in total. The molecule has 126 valence electrons. The van der Waals surface area contributed by atoms with Crippen molar-refractivity contribution < 1.29 is 5.11 Å². The number of nitrogens with one attached hydrogen (secondary N) is 1. The Hall–Kier alpha value is -2.92. The van der Waals surface area contributed by atoms with Gasteiger partial charge >= 0.3 is 0 Å². The van der Waals surface area contributed by atoms with Gasteiger partial charge in [-0.3, -0.25) is 0 Å². The lowest BCUT2D eigenvalue weighted by Crippen LogP contribution is -2.17. The van der Waals surface area contributed by atoms with E-state index >= 15 is 0 Å². The van der Waals surface area contributed by atoms with Gasteiger partial charge in [0.2, 0.25) is 5.95 Å². The van der Waals surface area contributed by atoms with E-state index < -0.39 is 0 Å². The quantitative estimate of drug-likeness (QED) is 0.669. The van der Waals surface area contributed by atoms with Gasteiger partial charge in [0, 0.05) is 36.5 Å². The number of phenols is 1. The summed E-state index contributed by atoms with van der Waals surface area (Å²) in [6.07, 6.45) is 4.66. The number of hydrogen-bond acceptors (Lipinski definition) is 5. The lowest BCUT2D eigenvalue weighted by atomic mass is 10.0. The van der Waals surface area contributed by atoms with Crippen molar-refractivity contribution in [2.75, 3.05) is 5.73 Å². The van der Waals surface area contributed by atoms with E-state index in [0.717, 1.165) is 29.7 Å². The van der Waals surface area contributed by atoms with Gasteiger partial charge in [0.1, 0.15) is 5.75 Å².